The van der Waals surface area contributed by atoms with Crippen LogP contribution in [-0.2, 0) is 11.8 Å². The van der Waals surface area contributed by atoms with Crippen LogP contribution in [0.2, 0.25) is 0 Å². The highest BCUT2D eigenvalue weighted by atomic mass is 32.2. The van der Waals surface area contributed by atoms with Crippen molar-refractivity contribution < 1.29 is 9.59 Å². The van der Waals surface area contributed by atoms with Crippen LogP contribution in [0.5, 0.6) is 0 Å². The van der Waals surface area contributed by atoms with Crippen LogP contribution in [0.1, 0.15) is 28.5 Å². The van der Waals surface area contributed by atoms with Gasteiger partial charge in [0, 0.05) is 23.2 Å². The lowest BCUT2D eigenvalue weighted by Crippen LogP contribution is -2.27. The zero-order valence-electron chi connectivity index (χ0n) is 20.6. The van der Waals surface area contributed by atoms with Crippen molar-refractivity contribution in [3.05, 3.63) is 106 Å². The lowest BCUT2D eigenvalue weighted by molar-refractivity contribution is -0.115. The topological polar surface area (TPSA) is 85.1 Å². The summed E-state index contributed by atoms with van der Waals surface area (Å²) in [5.41, 5.74) is 3.52. The van der Waals surface area contributed by atoms with Crippen molar-refractivity contribution >= 4 is 35.0 Å². The fraction of sp³-hybridized carbons (Fsp3) is 0.179. The van der Waals surface area contributed by atoms with Crippen LogP contribution in [0.3, 0.4) is 0 Å². The van der Waals surface area contributed by atoms with E-state index in [2.05, 4.69) is 10.6 Å². The Morgan fingerprint density at radius 1 is 0.889 bits per heavy atom. The maximum Gasteiger partial charge on any atom is 0.295 e. The van der Waals surface area contributed by atoms with Crippen LogP contribution in [0.15, 0.2) is 88.6 Å². The van der Waals surface area contributed by atoms with E-state index in [-0.39, 0.29) is 23.1 Å². The number of aryl methyl sites for hydroxylation is 1. The lowest BCUT2D eigenvalue weighted by atomic mass is 10.1. The molecule has 4 rings (SSSR count). The van der Waals surface area contributed by atoms with Crippen molar-refractivity contribution in [3.8, 4) is 5.69 Å². The second-order valence-electron chi connectivity index (χ2n) is 8.48. The fourth-order valence-electron chi connectivity index (χ4n) is 3.87. The van der Waals surface area contributed by atoms with Gasteiger partial charge in [-0.1, -0.05) is 42.5 Å². The minimum atomic E-state index is -0.475. The number of anilines is 2. The van der Waals surface area contributed by atoms with Crippen LogP contribution >= 0.6 is 11.8 Å². The van der Waals surface area contributed by atoms with Gasteiger partial charge in [0.25, 0.3) is 11.5 Å². The second kappa shape index (κ2) is 10.7. The van der Waals surface area contributed by atoms with Crippen LogP contribution in [0.25, 0.3) is 5.69 Å². The van der Waals surface area contributed by atoms with E-state index in [1.807, 2.05) is 79.7 Å². The van der Waals surface area contributed by atoms with Crippen molar-refractivity contribution in [1.29, 1.82) is 0 Å². The van der Waals surface area contributed by atoms with Crippen molar-refractivity contribution in [2.45, 2.75) is 30.9 Å². The molecule has 3 aromatic carbocycles. The van der Waals surface area contributed by atoms with Gasteiger partial charge in [-0.05, 0) is 62.7 Å². The van der Waals surface area contributed by atoms with Crippen LogP contribution < -0.4 is 16.2 Å². The minimum Gasteiger partial charge on any atom is -0.322 e. The van der Waals surface area contributed by atoms with Gasteiger partial charge in [-0.3, -0.25) is 19.1 Å². The number of thioether (sulfide) groups is 1. The summed E-state index contributed by atoms with van der Waals surface area (Å²) in [6, 6.07) is 24.1. The number of nitrogens with one attached hydrogen (secondary N) is 2. The Hall–Kier alpha value is -4.04. The van der Waals surface area contributed by atoms with Gasteiger partial charge in [0.15, 0.2) is 0 Å². The van der Waals surface area contributed by atoms with Gasteiger partial charge >= 0.3 is 0 Å². The lowest BCUT2D eigenvalue weighted by Gasteiger charge is -2.13. The van der Waals surface area contributed by atoms with Crippen molar-refractivity contribution in [3.63, 3.8) is 0 Å². The fourth-order valence-corrected chi connectivity index (χ4v) is 4.79. The predicted octanol–water partition coefficient (Wildman–Crippen LogP) is 5.16. The SMILES string of the molecule is Cc1ccccc1C(=O)Nc1cccc(SC(C)C(=O)Nc2c(C)n(C)n(-c3ccccc3)c2=O)c1. The summed E-state index contributed by atoms with van der Waals surface area (Å²) in [5, 5.41) is 5.27. The maximum absolute atomic E-state index is 13.1. The van der Waals surface area contributed by atoms with Gasteiger partial charge in [0.2, 0.25) is 5.91 Å². The maximum atomic E-state index is 13.1. The number of amides is 2. The van der Waals surface area contributed by atoms with Gasteiger partial charge in [0.1, 0.15) is 5.69 Å². The Bertz CT molecular complexity index is 1470. The zero-order chi connectivity index (χ0) is 25.8. The molecule has 0 radical (unpaired) electrons. The second-order valence-corrected chi connectivity index (χ2v) is 9.90. The normalized spacial score (nSPS) is 11.7. The minimum absolute atomic E-state index is 0.185. The molecule has 184 valence electrons. The van der Waals surface area contributed by atoms with E-state index >= 15 is 0 Å². The largest absolute Gasteiger partial charge is 0.322 e. The Balaban J connectivity index is 1.46. The summed E-state index contributed by atoms with van der Waals surface area (Å²) in [6.07, 6.45) is 0. The molecule has 4 aromatic rings. The number of benzene rings is 3. The zero-order valence-corrected chi connectivity index (χ0v) is 21.4. The molecule has 0 aliphatic carbocycles. The molecule has 1 unspecified atom stereocenters. The number of nitrogens with zero attached hydrogens (tertiary/aromatic N) is 2. The number of para-hydroxylation sites is 1. The van der Waals surface area contributed by atoms with Gasteiger partial charge in [-0.15, -0.1) is 11.8 Å². The van der Waals surface area contributed by atoms with E-state index in [0.29, 0.717) is 16.9 Å². The summed E-state index contributed by atoms with van der Waals surface area (Å²) >= 11 is 1.35. The van der Waals surface area contributed by atoms with Crippen LogP contribution in [0, 0.1) is 13.8 Å². The predicted molar refractivity (Wildman–Crippen MR) is 145 cm³/mol. The number of rotatable bonds is 7. The quantitative estimate of drug-likeness (QED) is 0.343. The monoisotopic (exact) mass is 500 g/mol. The van der Waals surface area contributed by atoms with E-state index in [1.54, 1.807) is 31.6 Å². The van der Waals surface area contributed by atoms with E-state index in [0.717, 1.165) is 16.1 Å². The Morgan fingerprint density at radius 3 is 2.31 bits per heavy atom. The first-order valence-electron chi connectivity index (χ1n) is 11.5. The first kappa shape index (κ1) is 25.1. The highest BCUT2D eigenvalue weighted by molar-refractivity contribution is 8.00. The summed E-state index contributed by atoms with van der Waals surface area (Å²) in [4.78, 5) is 39.6. The molecule has 0 aliphatic heterocycles. The van der Waals surface area contributed by atoms with E-state index in [9.17, 15) is 14.4 Å². The van der Waals surface area contributed by atoms with Crippen molar-refractivity contribution in [2.24, 2.45) is 7.05 Å². The Morgan fingerprint density at radius 2 is 1.58 bits per heavy atom. The molecule has 36 heavy (non-hydrogen) atoms. The molecule has 1 atom stereocenters. The summed E-state index contributed by atoms with van der Waals surface area (Å²) in [6.45, 7) is 5.48. The van der Waals surface area contributed by atoms with Crippen LogP contribution in [-0.4, -0.2) is 26.4 Å². The molecule has 0 aliphatic rings. The van der Waals surface area contributed by atoms with E-state index in [4.69, 9.17) is 0 Å². The van der Waals surface area contributed by atoms with Gasteiger partial charge in [-0.25, -0.2) is 4.68 Å². The molecule has 7 nitrogen and oxygen atoms in total. The molecule has 0 saturated heterocycles. The molecule has 8 heteroatoms. The van der Waals surface area contributed by atoms with Gasteiger partial charge < -0.3 is 10.6 Å². The number of carbonyl (C=O) groups excluding carboxylic acids is 2. The van der Waals surface area contributed by atoms with Crippen LogP contribution in [0.4, 0.5) is 11.4 Å². The number of carbonyl (C=O) groups is 2. The number of aromatic nitrogens is 2. The molecule has 0 saturated carbocycles. The molecule has 2 N–H and O–H groups in total. The molecule has 0 fully saturated rings. The molecule has 2 amide bonds. The van der Waals surface area contributed by atoms with Gasteiger partial charge in [0.05, 0.1) is 16.6 Å². The highest BCUT2D eigenvalue weighted by Gasteiger charge is 2.21. The summed E-state index contributed by atoms with van der Waals surface area (Å²) in [5.74, 6) is -0.462. The molecular weight excluding hydrogens is 472 g/mol. The first-order valence-corrected chi connectivity index (χ1v) is 12.4. The average Bonchev–Trinajstić information content (AvgIpc) is 3.07. The standard InChI is InChI=1S/C28H28N4O3S/c1-18-11-8-9-16-24(18)27(34)29-21-12-10-15-23(17-21)36-20(3)26(33)30-25-19(2)31(4)32(28(25)35)22-13-6-5-7-14-22/h5-17,20H,1-4H3,(H,29,34)(H,30,33). The third kappa shape index (κ3) is 5.28. The molecule has 1 aromatic heterocycles. The number of hydrogen-bond donors (Lipinski definition) is 2. The average molecular weight is 501 g/mol. The van der Waals surface area contributed by atoms with Crippen molar-refractivity contribution in [2.75, 3.05) is 10.6 Å². The van der Waals surface area contributed by atoms with E-state index in [1.165, 1.54) is 16.4 Å². The summed E-state index contributed by atoms with van der Waals surface area (Å²) < 4.78 is 3.26. The Labute approximate surface area is 214 Å². The molecule has 0 spiro atoms. The first-order chi connectivity index (χ1) is 17.3. The Kier molecular flexibility index (Phi) is 7.45. The number of hydrogen-bond acceptors (Lipinski definition) is 4. The summed E-state index contributed by atoms with van der Waals surface area (Å²) in [7, 11) is 1.79. The van der Waals surface area contributed by atoms with Gasteiger partial charge in [-0.2, -0.15) is 0 Å². The highest BCUT2D eigenvalue weighted by Crippen LogP contribution is 2.27. The van der Waals surface area contributed by atoms with Crippen molar-refractivity contribution in [1.82, 2.24) is 9.36 Å². The van der Waals surface area contributed by atoms with E-state index < -0.39 is 5.25 Å². The smallest absolute Gasteiger partial charge is 0.295 e. The molecule has 1 heterocycles. The molecular formula is C28H28N4O3S. The molecule has 0 bridgehead atoms. The third-order valence-electron chi connectivity index (χ3n) is 5.97. The third-order valence-corrected chi connectivity index (χ3v) is 7.06.